The van der Waals surface area contributed by atoms with Gasteiger partial charge in [0.1, 0.15) is 0 Å². The molecular formula is C28H28F3NO2S. The summed E-state index contributed by atoms with van der Waals surface area (Å²) in [6, 6.07) is 6.37. The second kappa shape index (κ2) is 8.79. The highest BCUT2D eigenvalue weighted by Crippen LogP contribution is 2.48. The molecule has 184 valence electrons. The second-order valence-corrected chi connectivity index (χ2v) is 11.1. The topological polar surface area (TPSA) is 49.3 Å². The third-order valence-corrected chi connectivity index (χ3v) is 7.89. The fourth-order valence-electron chi connectivity index (χ4n) is 5.61. The highest BCUT2D eigenvalue weighted by Gasteiger charge is 2.41. The van der Waals surface area contributed by atoms with Crippen LogP contribution in [0.2, 0.25) is 0 Å². The summed E-state index contributed by atoms with van der Waals surface area (Å²) in [4.78, 5) is 14.0. The van der Waals surface area contributed by atoms with Gasteiger partial charge in [0.2, 0.25) is 0 Å². The van der Waals surface area contributed by atoms with E-state index in [1.165, 1.54) is 23.5 Å². The smallest absolute Gasteiger partial charge is 0.388 e. The molecule has 1 fully saturated rings. The van der Waals surface area contributed by atoms with E-state index in [2.05, 4.69) is 25.2 Å². The van der Waals surface area contributed by atoms with E-state index in [9.17, 15) is 23.1 Å². The van der Waals surface area contributed by atoms with Crippen LogP contribution in [0, 0.1) is 11.3 Å². The number of hydrogen-bond acceptors (Lipinski definition) is 4. The zero-order valence-corrected chi connectivity index (χ0v) is 20.5. The zero-order chi connectivity index (χ0) is 25.0. The molecule has 1 aromatic carbocycles. The number of carbonyl (C=O) groups is 1. The number of Topliss-reactive ketones (excluding diaryl/α,β-unsaturated/α-hetero) is 1. The van der Waals surface area contributed by atoms with Gasteiger partial charge < -0.3 is 10.4 Å². The number of hydrogen-bond donors (Lipinski definition) is 2. The van der Waals surface area contributed by atoms with Crippen LogP contribution in [0.15, 0.2) is 69.7 Å². The number of ketones is 1. The Balaban J connectivity index is 1.72. The quantitative estimate of drug-likeness (QED) is 0.440. The summed E-state index contributed by atoms with van der Waals surface area (Å²) in [7, 11) is 0. The maximum Gasteiger partial charge on any atom is 0.416 e. The molecule has 0 bridgehead atoms. The number of fused-ring (bicyclic) bond motifs is 1. The lowest BCUT2D eigenvalue weighted by atomic mass is 9.72. The van der Waals surface area contributed by atoms with Crippen LogP contribution in [-0.4, -0.2) is 17.0 Å². The van der Waals surface area contributed by atoms with Crippen LogP contribution in [0.4, 0.5) is 13.2 Å². The van der Waals surface area contributed by atoms with Crippen molar-refractivity contribution in [2.45, 2.75) is 58.2 Å². The van der Waals surface area contributed by atoms with Gasteiger partial charge in [-0.3, -0.25) is 4.79 Å². The third-order valence-electron chi connectivity index (χ3n) is 7.21. The van der Waals surface area contributed by atoms with E-state index in [4.69, 9.17) is 0 Å². The van der Waals surface area contributed by atoms with Gasteiger partial charge in [-0.1, -0.05) is 44.9 Å². The highest BCUT2D eigenvalue weighted by molar-refractivity contribution is 7.08. The van der Waals surface area contributed by atoms with Gasteiger partial charge in [-0.2, -0.15) is 24.5 Å². The van der Waals surface area contributed by atoms with Gasteiger partial charge >= 0.3 is 6.18 Å². The second-order valence-electron chi connectivity index (χ2n) is 10.4. The van der Waals surface area contributed by atoms with Crippen molar-refractivity contribution in [3.63, 3.8) is 0 Å². The number of aliphatic hydroxyl groups excluding tert-OH is 1. The summed E-state index contributed by atoms with van der Waals surface area (Å²) in [5.74, 6) is -0.167. The van der Waals surface area contributed by atoms with Gasteiger partial charge in [0.25, 0.3) is 0 Å². The molecule has 1 unspecified atom stereocenters. The number of rotatable bonds is 4. The van der Waals surface area contributed by atoms with E-state index in [1.807, 2.05) is 16.8 Å². The first kappa shape index (κ1) is 24.1. The summed E-state index contributed by atoms with van der Waals surface area (Å²) in [6.45, 7) is 4.15. The van der Waals surface area contributed by atoms with Crippen molar-refractivity contribution in [3.8, 4) is 0 Å². The first-order chi connectivity index (χ1) is 16.5. The van der Waals surface area contributed by atoms with Gasteiger partial charge in [0.15, 0.2) is 5.78 Å². The highest BCUT2D eigenvalue weighted by atomic mass is 32.1. The molecule has 5 rings (SSSR count). The zero-order valence-electron chi connectivity index (χ0n) is 19.7. The van der Waals surface area contributed by atoms with Gasteiger partial charge in [-0.15, -0.1) is 0 Å². The van der Waals surface area contributed by atoms with Gasteiger partial charge in [0.05, 0.1) is 17.2 Å². The van der Waals surface area contributed by atoms with E-state index < -0.39 is 17.8 Å². The van der Waals surface area contributed by atoms with Crippen molar-refractivity contribution in [2.75, 3.05) is 0 Å². The van der Waals surface area contributed by atoms with E-state index in [-0.39, 0.29) is 22.7 Å². The lowest BCUT2D eigenvalue weighted by molar-refractivity contribution is -0.137. The molecule has 2 aliphatic carbocycles. The largest absolute Gasteiger partial charge is 0.416 e. The number of thiophene rings is 1. The Morgan fingerprint density at radius 3 is 2.40 bits per heavy atom. The Labute approximate surface area is 207 Å². The summed E-state index contributed by atoms with van der Waals surface area (Å²) >= 11 is 1.51. The van der Waals surface area contributed by atoms with Crippen LogP contribution in [0.3, 0.4) is 0 Å². The summed E-state index contributed by atoms with van der Waals surface area (Å²) < 4.78 is 39.4. The Morgan fingerprint density at radius 1 is 1.11 bits per heavy atom. The van der Waals surface area contributed by atoms with Crippen LogP contribution in [0.25, 0.3) is 5.57 Å². The SMILES string of the molecule is CC1(C)C=C2NC(C3CCCC3)=C(C(=O)c3ccc(C(F)(F)F)cc3)C(c3ccsc3)=C2C(O)C1. The number of alkyl halides is 3. The number of dihydropyridines is 1. The van der Waals surface area contributed by atoms with Gasteiger partial charge in [-0.25, -0.2) is 0 Å². The van der Waals surface area contributed by atoms with E-state index in [0.29, 0.717) is 23.1 Å². The normalized spacial score (nSPS) is 22.7. The summed E-state index contributed by atoms with van der Waals surface area (Å²) in [5, 5.41) is 18.7. The maximum atomic E-state index is 14.0. The lowest BCUT2D eigenvalue weighted by Gasteiger charge is -2.40. The Kier molecular flexibility index (Phi) is 6.04. The van der Waals surface area contributed by atoms with E-state index in [0.717, 1.165) is 54.8 Å². The van der Waals surface area contributed by atoms with E-state index >= 15 is 0 Å². The first-order valence-corrected chi connectivity index (χ1v) is 12.9. The standard InChI is InChI=1S/C28H28F3NO2S/c1-27(2)13-20-23(21(33)14-27)22(18-11-12-35-15-18)24(25(32-20)16-5-3-4-6-16)26(34)17-7-9-19(10-8-17)28(29,30)31/h7-13,15-16,21,32-33H,3-6,14H2,1-2H3. The lowest BCUT2D eigenvalue weighted by Crippen LogP contribution is -2.38. The van der Waals surface area contributed by atoms with Crippen LogP contribution >= 0.6 is 11.3 Å². The molecule has 2 heterocycles. The number of nitrogens with one attached hydrogen (secondary N) is 1. The predicted molar refractivity (Wildman–Crippen MR) is 132 cm³/mol. The molecule has 1 saturated carbocycles. The van der Waals surface area contributed by atoms with Crippen molar-refractivity contribution in [1.82, 2.24) is 5.32 Å². The predicted octanol–water partition coefficient (Wildman–Crippen LogP) is 7.13. The summed E-state index contributed by atoms with van der Waals surface area (Å²) in [5.41, 5.74) is 3.58. The van der Waals surface area contributed by atoms with Crippen LogP contribution in [0.5, 0.6) is 0 Å². The molecule has 0 spiro atoms. The summed E-state index contributed by atoms with van der Waals surface area (Å²) in [6.07, 6.45) is 1.43. The fourth-order valence-corrected chi connectivity index (χ4v) is 6.25. The number of carbonyl (C=O) groups excluding carboxylic acids is 1. The van der Waals surface area contributed by atoms with Crippen molar-refractivity contribution in [1.29, 1.82) is 0 Å². The molecular weight excluding hydrogens is 471 g/mol. The van der Waals surface area contributed by atoms with E-state index in [1.54, 1.807) is 0 Å². The molecule has 3 nitrogen and oxygen atoms in total. The molecule has 1 aliphatic heterocycles. The Bertz CT molecular complexity index is 1230. The Morgan fingerprint density at radius 2 is 1.80 bits per heavy atom. The monoisotopic (exact) mass is 499 g/mol. The first-order valence-electron chi connectivity index (χ1n) is 12.0. The molecule has 1 atom stereocenters. The number of halogens is 3. The molecule has 2 N–H and O–H groups in total. The van der Waals surface area contributed by atoms with Crippen LogP contribution < -0.4 is 5.32 Å². The molecule has 0 saturated heterocycles. The molecule has 0 radical (unpaired) electrons. The average molecular weight is 500 g/mol. The molecule has 3 aliphatic rings. The van der Waals surface area contributed by atoms with Crippen molar-refractivity contribution < 1.29 is 23.1 Å². The molecule has 35 heavy (non-hydrogen) atoms. The third kappa shape index (κ3) is 4.52. The molecule has 1 aromatic heterocycles. The van der Waals surface area contributed by atoms with Crippen molar-refractivity contribution in [2.24, 2.45) is 11.3 Å². The minimum atomic E-state index is -4.47. The maximum absolute atomic E-state index is 14.0. The van der Waals surface area contributed by atoms with Crippen LogP contribution in [0.1, 0.15) is 67.4 Å². The van der Waals surface area contributed by atoms with Crippen molar-refractivity contribution in [3.05, 3.63) is 86.4 Å². The van der Waals surface area contributed by atoms with Gasteiger partial charge in [-0.05, 0) is 65.1 Å². The number of aliphatic hydroxyl groups is 1. The van der Waals surface area contributed by atoms with Crippen LogP contribution in [-0.2, 0) is 6.18 Å². The number of allylic oxidation sites excluding steroid dienone is 4. The van der Waals surface area contributed by atoms with Gasteiger partial charge in [0, 0.05) is 28.1 Å². The molecule has 7 heteroatoms. The Hall–Kier alpha value is -2.64. The minimum Gasteiger partial charge on any atom is -0.388 e. The molecule has 0 amide bonds. The minimum absolute atomic E-state index is 0.154. The molecule has 2 aromatic rings. The number of benzene rings is 1. The van der Waals surface area contributed by atoms with Crippen molar-refractivity contribution >= 4 is 22.7 Å². The average Bonchev–Trinajstić information content (AvgIpc) is 3.50. The fraction of sp³-hybridized carbons (Fsp3) is 0.393.